The monoisotopic (exact) mass is 237 g/mol. The fraction of sp³-hybridized carbons (Fsp3) is 0.875. The van der Waals surface area contributed by atoms with Crippen LogP contribution in [0.15, 0.2) is 0 Å². The van der Waals surface area contributed by atoms with Crippen molar-refractivity contribution in [3.8, 4) is 0 Å². The Kier molecular flexibility index (Phi) is 7.50. The van der Waals surface area contributed by atoms with Crippen LogP contribution in [-0.4, -0.2) is 29.0 Å². The fourth-order valence-corrected chi connectivity index (χ4v) is 1.13. The Bertz CT molecular complexity index is 128. The van der Waals surface area contributed by atoms with Gasteiger partial charge in [0, 0.05) is 18.3 Å². The van der Waals surface area contributed by atoms with Crippen LogP contribution in [0.2, 0.25) is 0 Å². The second-order valence-electron chi connectivity index (χ2n) is 2.80. The molecular formula is C8H16BrNO2. The average Bonchev–Trinajstić information content (AvgIpc) is 2.01. The molecule has 4 heteroatoms. The number of rotatable bonds is 6. The normalized spacial score (nSPS) is 12.6. The maximum absolute atomic E-state index is 11.0. The second-order valence-corrected chi connectivity index (χ2v) is 3.59. The Morgan fingerprint density at radius 1 is 1.58 bits per heavy atom. The minimum absolute atomic E-state index is 0.0249. The van der Waals surface area contributed by atoms with E-state index >= 15 is 0 Å². The molecule has 0 heterocycles. The Hall–Kier alpha value is -0.0900. The molecule has 1 atom stereocenters. The first kappa shape index (κ1) is 11.9. The van der Waals surface area contributed by atoms with E-state index in [1.54, 1.807) is 6.92 Å². The van der Waals surface area contributed by atoms with E-state index in [0.29, 0.717) is 13.0 Å². The second kappa shape index (κ2) is 7.55. The Labute approximate surface area is 81.7 Å². The minimum Gasteiger partial charge on any atom is -0.392 e. The number of alkyl halides is 1. The third kappa shape index (κ3) is 8.01. The van der Waals surface area contributed by atoms with Gasteiger partial charge in [-0.15, -0.1) is 0 Å². The van der Waals surface area contributed by atoms with E-state index in [-0.39, 0.29) is 5.91 Å². The minimum atomic E-state index is -0.454. The van der Waals surface area contributed by atoms with Crippen molar-refractivity contribution in [3.05, 3.63) is 0 Å². The Balaban J connectivity index is 3.22. The van der Waals surface area contributed by atoms with E-state index in [0.717, 1.165) is 18.2 Å². The lowest BCUT2D eigenvalue weighted by Crippen LogP contribution is -2.30. The summed E-state index contributed by atoms with van der Waals surface area (Å²) in [6.45, 7) is 2.01. The van der Waals surface area contributed by atoms with Crippen LogP contribution in [0.25, 0.3) is 0 Å². The van der Waals surface area contributed by atoms with Gasteiger partial charge in [0.1, 0.15) is 0 Å². The summed E-state index contributed by atoms with van der Waals surface area (Å²) in [5, 5.41) is 12.4. The zero-order valence-corrected chi connectivity index (χ0v) is 8.93. The van der Waals surface area contributed by atoms with E-state index in [4.69, 9.17) is 5.11 Å². The number of unbranched alkanes of at least 4 members (excludes halogenated alkanes) is 1. The largest absolute Gasteiger partial charge is 0.392 e. The molecule has 0 aliphatic heterocycles. The summed E-state index contributed by atoms with van der Waals surface area (Å²) in [4.78, 5) is 11.0. The highest BCUT2D eigenvalue weighted by Gasteiger charge is 2.01. The predicted octanol–water partition coefficient (Wildman–Crippen LogP) is 1.05. The maximum Gasteiger partial charge on any atom is 0.220 e. The van der Waals surface area contributed by atoms with Crippen molar-refractivity contribution >= 4 is 21.8 Å². The highest BCUT2D eigenvalue weighted by atomic mass is 79.9. The zero-order valence-electron chi connectivity index (χ0n) is 7.35. The maximum atomic E-state index is 11.0. The van der Waals surface area contributed by atoms with Gasteiger partial charge in [0.2, 0.25) is 5.91 Å². The van der Waals surface area contributed by atoms with Gasteiger partial charge in [0.15, 0.2) is 0 Å². The molecule has 1 amide bonds. The molecular weight excluding hydrogens is 222 g/mol. The van der Waals surface area contributed by atoms with Crippen molar-refractivity contribution < 1.29 is 9.90 Å². The van der Waals surface area contributed by atoms with Gasteiger partial charge in [-0.25, -0.2) is 0 Å². The Morgan fingerprint density at radius 2 is 2.25 bits per heavy atom. The van der Waals surface area contributed by atoms with Gasteiger partial charge in [-0.1, -0.05) is 15.9 Å². The predicted molar refractivity (Wildman–Crippen MR) is 52.3 cm³/mol. The first-order valence-electron chi connectivity index (χ1n) is 4.17. The van der Waals surface area contributed by atoms with Crippen molar-refractivity contribution in [2.75, 3.05) is 11.9 Å². The van der Waals surface area contributed by atoms with Crippen LogP contribution in [0.4, 0.5) is 0 Å². The number of amides is 1. The van der Waals surface area contributed by atoms with Gasteiger partial charge in [0.05, 0.1) is 6.10 Å². The van der Waals surface area contributed by atoms with Crippen LogP contribution in [0.1, 0.15) is 26.2 Å². The highest BCUT2D eigenvalue weighted by molar-refractivity contribution is 9.09. The Morgan fingerprint density at radius 3 is 2.75 bits per heavy atom. The van der Waals surface area contributed by atoms with Crippen molar-refractivity contribution in [3.63, 3.8) is 0 Å². The molecule has 0 spiro atoms. The lowest BCUT2D eigenvalue weighted by Gasteiger charge is -2.06. The topological polar surface area (TPSA) is 49.3 Å². The number of nitrogens with one attached hydrogen (secondary N) is 1. The van der Waals surface area contributed by atoms with Crippen molar-refractivity contribution in [1.82, 2.24) is 5.32 Å². The van der Waals surface area contributed by atoms with E-state index in [9.17, 15) is 4.79 Å². The van der Waals surface area contributed by atoms with Crippen molar-refractivity contribution in [1.29, 1.82) is 0 Å². The zero-order chi connectivity index (χ0) is 9.40. The summed E-state index contributed by atoms with van der Waals surface area (Å²) >= 11 is 3.29. The van der Waals surface area contributed by atoms with Gasteiger partial charge in [0.25, 0.3) is 0 Å². The van der Waals surface area contributed by atoms with Crippen LogP contribution < -0.4 is 5.32 Å². The molecule has 0 unspecified atom stereocenters. The molecule has 0 aromatic rings. The molecule has 0 rings (SSSR count). The molecule has 72 valence electrons. The summed E-state index contributed by atoms with van der Waals surface area (Å²) in [6.07, 6.45) is 2.02. The number of hydrogen-bond donors (Lipinski definition) is 2. The molecule has 12 heavy (non-hydrogen) atoms. The van der Waals surface area contributed by atoms with Crippen LogP contribution >= 0.6 is 15.9 Å². The fourth-order valence-electron chi connectivity index (χ4n) is 0.730. The van der Waals surface area contributed by atoms with Crippen LogP contribution in [0.5, 0.6) is 0 Å². The molecule has 3 nitrogen and oxygen atoms in total. The lowest BCUT2D eigenvalue weighted by atomic mass is 10.2. The number of halogens is 1. The van der Waals surface area contributed by atoms with Gasteiger partial charge >= 0.3 is 0 Å². The number of hydrogen-bond acceptors (Lipinski definition) is 2. The van der Waals surface area contributed by atoms with E-state index in [1.807, 2.05) is 0 Å². The van der Waals surface area contributed by atoms with E-state index in [1.165, 1.54) is 0 Å². The highest BCUT2D eigenvalue weighted by Crippen LogP contribution is 1.97. The summed E-state index contributed by atoms with van der Waals surface area (Å²) in [7, 11) is 0. The smallest absolute Gasteiger partial charge is 0.220 e. The van der Waals surface area contributed by atoms with E-state index < -0.39 is 6.10 Å². The van der Waals surface area contributed by atoms with Crippen LogP contribution in [0.3, 0.4) is 0 Å². The molecule has 0 radical (unpaired) electrons. The number of aliphatic hydroxyl groups excluding tert-OH is 1. The average molecular weight is 238 g/mol. The van der Waals surface area contributed by atoms with Crippen LogP contribution in [0, 0.1) is 0 Å². The standard InChI is InChI=1S/C8H16BrNO2/c1-7(11)6-10-8(12)4-2-3-5-9/h7,11H,2-6H2,1H3,(H,10,12)/t7-/m1/s1. The molecule has 0 saturated heterocycles. The lowest BCUT2D eigenvalue weighted by molar-refractivity contribution is -0.121. The molecule has 0 aliphatic carbocycles. The molecule has 0 aromatic heterocycles. The first-order chi connectivity index (χ1) is 5.66. The number of carbonyl (C=O) groups excluding carboxylic acids is 1. The van der Waals surface area contributed by atoms with Gasteiger partial charge in [-0.2, -0.15) is 0 Å². The van der Waals surface area contributed by atoms with Crippen molar-refractivity contribution in [2.24, 2.45) is 0 Å². The molecule has 2 N–H and O–H groups in total. The van der Waals surface area contributed by atoms with Crippen molar-refractivity contribution in [2.45, 2.75) is 32.3 Å². The summed E-state index contributed by atoms with van der Waals surface area (Å²) in [5.74, 6) is 0.0249. The molecule has 0 aliphatic rings. The van der Waals surface area contributed by atoms with Gasteiger partial charge < -0.3 is 10.4 Å². The number of aliphatic hydroxyl groups is 1. The third-order valence-electron chi connectivity index (χ3n) is 1.38. The molecule has 0 bridgehead atoms. The summed E-state index contributed by atoms with van der Waals surface area (Å²) in [6, 6.07) is 0. The van der Waals surface area contributed by atoms with Crippen LogP contribution in [-0.2, 0) is 4.79 Å². The van der Waals surface area contributed by atoms with Gasteiger partial charge in [-0.05, 0) is 19.8 Å². The van der Waals surface area contributed by atoms with E-state index in [2.05, 4.69) is 21.2 Å². The summed E-state index contributed by atoms with van der Waals surface area (Å²) in [5.41, 5.74) is 0. The van der Waals surface area contributed by atoms with Gasteiger partial charge in [-0.3, -0.25) is 4.79 Å². The third-order valence-corrected chi connectivity index (χ3v) is 1.94. The summed E-state index contributed by atoms with van der Waals surface area (Å²) < 4.78 is 0. The quantitative estimate of drug-likeness (QED) is 0.536. The molecule has 0 saturated carbocycles. The number of carbonyl (C=O) groups is 1. The molecule has 0 aromatic carbocycles. The molecule has 0 fully saturated rings. The SMILES string of the molecule is C[C@@H](O)CNC(=O)CCCCBr. The first-order valence-corrected chi connectivity index (χ1v) is 5.29.